The number of aromatic nitrogens is 2. The highest BCUT2D eigenvalue weighted by atomic mass is 19.4. The van der Waals surface area contributed by atoms with E-state index in [2.05, 4.69) is 14.9 Å². The number of rotatable bonds is 2. The number of nitrogens with one attached hydrogen (secondary N) is 1. The van der Waals surface area contributed by atoms with Crippen LogP contribution in [0.3, 0.4) is 0 Å². The predicted molar refractivity (Wildman–Crippen MR) is 115 cm³/mol. The highest BCUT2D eigenvalue weighted by Crippen LogP contribution is 2.38. The van der Waals surface area contributed by atoms with Crippen molar-refractivity contribution in [2.45, 2.75) is 50.2 Å². The molecule has 180 valence electrons. The number of alkyl halides is 3. The number of halogens is 4. The van der Waals surface area contributed by atoms with Gasteiger partial charge < -0.3 is 9.88 Å². The molecule has 3 aliphatic rings. The van der Waals surface area contributed by atoms with E-state index in [4.69, 9.17) is 0 Å². The number of aromatic amines is 1. The first-order valence-electron chi connectivity index (χ1n) is 11.2. The van der Waals surface area contributed by atoms with Crippen molar-refractivity contribution in [1.82, 2.24) is 19.8 Å². The molecule has 2 saturated heterocycles. The van der Waals surface area contributed by atoms with Crippen LogP contribution >= 0.6 is 0 Å². The molecule has 0 radical (unpaired) electrons. The van der Waals surface area contributed by atoms with E-state index in [1.807, 2.05) is 0 Å². The molecule has 1 saturated carbocycles. The number of fused-ring (bicyclic) bond motifs is 1. The lowest BCUT2D eigenvalue weighted by molar-refractivity contribution is -0.140. The summed E-state index contributed by atoms with van der Waals surface area (Å²) in [7, 11) is 0. The summed E-state index contributed by atoms with van der Waals surface area (Å²) in [5, 5.41) is 0. The van der Waals surface area contributed by atoms with Crippen molar-refractivity contribution in [2.24, 2.45) is 0 Å². The number of benzene rings is 1. The van der Waals surface area contributed by atoms with Gasteiger partial charge in [0.1, 0.15) is 5.82 Å². The molecule has 33 heavy (non-hydrogen) atoms. The number of carbonyl (C=O) groups is 1. The van der Waals surface area contributed by atoms with Gasteiger partial charge in [0.05, 0.1) is 23.0 Å². The van der Waals surface area contributed by atoms with E-state index in [9.17, 15) is 27.2 Å². The average Bonchev–Trinajstić information content (AvgIpc) is 3.57. The standard InChI is InChI=1S/C16H18F4N2O.C7H8N2O.H2/c17-14-12(5-1-6-13(14)16(18,19)20)15(23)22-9-3-8-21-7-2-4-11(21)10-22;10-7-4-8-6(3-9-7)5-1-2-5;/h1,5-6,11H,2-4,7-10H2;3-5H,1-2H2,(H,9,10);1H. The second-order valence-electron chi connectivity index (χ2n) is 8.71. The fourth-order valence-corrected chi connectivity index (χ4v) is 4.43. The molecule has 10 heteroatoms. The minimum absolute atomic E-state index is 0. The van der Waals surface area contributed by atoms with Crippen molar-refractivity contribution in [2.75, 3.05) is 26.2 Å². The predicted octanol–water partition coefficient (Wildman–Crippen LogP) is 4.05. The van der Waals surface area contributed by atoms with E-state index in [0.29, 0.717) is 25.1 Å². The van der Waals surface area contributed by atoms with Crippen LogP contribution in [0.15, 0.2) is 35.4 Å². The van der Waals surface area contributed by atoms with Gasteiger partial charge in [0.25, 0.3) is 11.5 Å². The number of carbonyl (C=O) groups excluding carboxylic acids is 1. The van der Waals surface area contributed by atoms with E-state index in [0.717, 1.165) is 50.2 Å². The van der Waals surface area contributed by atoms with Crippen LogP contribution in [-0.2, 0) is 6.18 Å². The summed E-state index contributed by atoms with van der Waals surface area (Å²) in [5.74, 6) is -1.50. The van der Waals surface area contributed by atoms with E-state index < -0.39 is 29.0 Å². The number of hydrogen-bond acceptors (Lipinski definition) is 4. The number of H-pyrrole nitrogens is 1. The van der Waals surface area contributed by atoms with Crippen LogP contribution < -0.4 is 5.56 Å². The third kappa shape index (κ3) is 5.61. The summed E-state index contributed by atoms with van der Waals surface area (Å²) in [5.41, 5.74) is -0.976. The summed E-state index contributed by atoms with van der Waals surface area (Å²) in [4.78, 5) is 33.5. The number of amides is 1. The quantitative estimate of drug-likeness (QED) is 0.676. The molecule has 0 spiro atoms. The van der Waals surface area contributed by atoms with E-state index in [1.165, 1.54) is 23.9 Å². The van der Waals surface area contributed by atoms with Crippen LogP contribution in [0.1, 0.15) is 61.1 Å². The summed E-state index contributed by atoms with van der Waals surface area (Å²) >= 11 is 0. The van der Waals surface area contributed by atoms with Crippen molar-refractivity contribution >= 4 is 5.91 Å². The van der Waals surface area contributed by atoms with Gasteiger partial charge in [-0.2, -0.15) is 13.2 Å². The number of hydrogen-bond donors (Lipinski definition) is 1. The first-order chi connectivity index (χ1) is 15.7. The molecular formula is C23H28F4N4O2. The lowest BCUT2D eigenvalue weighted by atomic mass is 10.1. The Labute approximate surface area is 190 Å². The average molecular weight is 468 g/mol. The highest BCUT2D eigenvalue weighted by molar-refractivity contribution is 5.94. The Hall–Kier alpha value is -2.75. The topological polar surface area (TPSA) is 69.3 Å². The maximum atomic E-state index is 14.2. The molecular weight excluding hydrogens is 440 g/mol. The van der Waals surface area contributed by atoms with Crippen LogP contribution in [0.25, 0.3) is 0 Å². The summed E-state index contributed by atoms with van der Waals surface area (Å²) < 4.78 is 52.6. The van der Waals surface area contributed by atoms with Gasteiger partial charge >= 0.3 is 6.18 Å². The van der Waals surface area contributed by atoms with Gasteiger partial charge in [0.2, 0.25) is 0 Å². The molecule has 6 nitrogen and oxygen atoms in total. The lowest BCUT2D eigenvalue weighted by Gasteiger charge is -2.26. The van der Waals surface area contributed by atoms with Gasteiger partial charge in [-0.3, -0.25) is 19.5 Å². The van der Waals surface area contributed by atoms with Gasteiger partial charge in [-0.15, -0.1) is 0 Å². The zero-order chi connectivity index (χ0) is 23.6. The van der Waals surface area contributed by atoms with Gasteiger partial charge in [0, 0.05) is 39.2 Å². The zero-order valence-electron chi connectivity index (χ0n) is 18.1. The molecule has 1 aliphatic carbocycles. The van der Waals surface area contributed by atoms with Crippen molar-refractivity contribution in [3.05, 3.63) is 63.6 Å². The smallest absolute Gasteiger partial charge is 0.337 e. The summed E-state index contributed by atoms with van der Waals surface area (Å²) in [6, 6.07) is 3.10. The highest BCUT2D eigenvalue weighted by Gasteiger charge is 2.37. The molecule has 1 aromatic carbocycles. The Kier molecular flexibility index (Phi) is 6.83. The van der Waals surface area contributed by atoms with Crippen molar-refractivity contribution in [3.63, 3.8) is 0 Å². The minimum atomic E-state index is -4.80. The largest absolute Gasteiger partial charge is 0.419 e. The van der Waals surface area contributed by atoms with Crippen molar-refractivity contribution in [3.8, 4) is 0 Å². The molecule has 1 atom stereocenters. The maximum absolute atomic E-state index is 14.2. The fourth-order valence-electron chi connectivity index (χ4n) is 4.43. The molecule has 2 aliphatic heterocycles. The van der Waals surface area contributed by atoms with Gasteiger partial charge in [-0.1, -0.05) is 6.07 Å². The van der Waals surface area contributed by atoms with Crippen LogP contribution in [0.4, 0.5) is 17.6 Å². The van der Waals surface area contributed by atoms with E-state index >= 15 is 0 Å². The lowest BCUT2D eigenvalue weighted by Crippen LogP contribution is -2.40. The molecule has 3 fully saturated rings. The van der Waals surface area contributed by atoms with Crippen LogP contribution in [0, 0.1) is 5.82 Å². The fraction of sp³-hybridized carbons (Fsp3) is 0.522. The SMILES string of the molecule is O=C(c1cccc(C(F)(F)F)c1F)N1CCCN2CCCC2C1.O=c1cnc(C2CC2)c[nH]1.[HH]. The second kappa shape index (κ2) is 9.62. The summed E-state index contributed by atoms with van der Waals surface area (Å²) in [6.45, 7) is 2.76. The Morgan fingerprint density at radius 3 is 2.55 bits per heavy atom. The van der Waals surface area contributed by atoms with E-state index in [1.54, 1.807) is 6.20 Å². The molecule has 3 heterocycles. The third-order valence-electron chi connectivity index (χ3n) is 6.31. The first kappa shape index (κ1) is 23.4. The zero-order valence-corrected chi connectivity index (χ0v) is 18.1. The van der Waals surface area contributed by atoms with Crippen molar-refractivity contribution < 1.29 is 23.8 Å². The van der Waals surface area contributed by atoms with Gasteiger partial charge in [-0.05, 0) is 50.8 Å². The molecule has 1 N–H and O–H groups in total. The Morgan fingerprint density at radius 1 is 1.12 bits per heavy atom. The third-order valence-corrected chi connectivity index (χ3v) is 6.31. The van der Waals surface area contributed by atoms with Gasteiger partial charge in [0.15, 0.2) is 0 Å². The minimum Gasteiger partial charge on any atom is -0.337 e. The molecule has 1 aromatic heterocycles. The number of nitrogens with zero attached hydrogens (tertiary/aromatic N) is 3. The van der Waals surface area contributed by atoms with Gasteiger partial charge in [-0.25, -0.2) is 4.39 Å². The molecule has 1 unspecified atom stereocenters. The Bertz CT molecular complexity index is 1040. The molecule has 1 amide bonds. The summed E-state index contributed by atoms with van der Waals surface area (Å²) in [6.07, 6.45) is 3.47. The first-order valence-corrected chi connectivity index (χ1v) is 11.2. The molecule has 5 rings (SSSR count). The monoisotopic (exact) mass is 468 g/mol. The Balaban J connectivity index is 0.000000246. The Morgan fingerprint density at radius 2 is 1.88 bits per heavy atom. The van der Waals surface area contributed by atoms with Crippen LogP contribution in [0.5, 0.6) is 0 Å². The second-order valence-corrected chi connectivity index (χ2v) is 8.71. The maximum Gasteiger partial charge on any atom is 0.419 e. The molecule has 0 bridgehead atoms. The van der Waals surface area contributed by atoms with Crippen LogP contribution in [0.2, 0.25) is 0 Å². The van der Waals surface area contributed by atoms with E-state index in [-0.39, 0.29) is 13.0 Å². The molecule has 2 aromatic rings. The van der Waals surface area contributed by atoms with Crippen LogP contribution in [-0.4, -0.2) is 57.9 Å². The normalized spacial score (nSPS) is 21.1. The van der Waals surface area contributed by atoms with Crippen molar-refractivity contribution in [1.29, 1.82) is 0 Å².